The molecule has 4 rings (SSSR count). The number of hydrogen-bond acceptors (Lipinski definition) is 2. The van der Waals surface area contributed by atoms with E-state index >= 15 is 0 Å². The van der Waals surface area contributed by atoms with Gasteiger partial charge in [0.05, 0.1) is 0 Å². The lowest BCUT2D eigenvalue weighted by Crippen LogP contribution is -2.08. The topological polar surface area (TPSA) is 18.5 Å². The van der Waals surface area contributed by atoms with Crippen molar-refractivity contribution in [1.82, 2.24) is 0 Å². The van der Waals surface area contributed by atoms with E-state index in [0.29, 0.717) is 18.2 Å². The highest BCUT2D eigenvalue weighted by molar-refractivity contribution is 6.30. The number of aryl methyl sites for hydroxylation is 6. The molecule has 0 aliphatic heterocycles. The summed E-state index contributed by atoms with van der Waals surface area (Å²) >= 11 is 5.77. The van der Waals surface area contributed by atoms with Crippen molar-refractivity contribution in [1.29, 1.82) is 0 Å². The fourth-order valence-corrected chi connectivity index (χ4v) is 3.70. The van der Waals surface area contributed by atoms with Crippen LogP contribution in [0, 0.1) is 27.7 Å². The van der Waals surface area contributed by atoms with Gasteiger partial charge < -0.3 is 9.47 Å². The number of para-hydroxylation sites is 1. The highest BCUT2D eigenvalue weighted by Crippen LogP contribution is 2.16. The van der Waals surface area contributed by atoms with Gasteiger partial charge in [0.15, 0.2) is 0 Å². The largest absolute Gasteiger partial charge is 0.490 e. The van der Waals surface area contributed by atoms with Crippen LogP contribution in [0.5, 0.6) is 11.5 Å². The Morgan fingerprint density at radius 3 is 1.43 bits per heavy atom. The first-order valence-corrected chi connectivity index (χ1v) is 12.5. The highest BCUT2D eigenvalue weighted by Gasteiger charge is 2.00. The zero-order chi connectivity index (χ0) is 25.0. The van der Waals surface area contributed by atoms with Gasteiger partial charge in [-0.05, 0) is 110 Å². The average molecular weight is 487 g/mol. The van der Waals surface area contributed by atoms with Gasteiger partial charge in [-0.25, -0.2) is 0 Å². The van der Waals surface area contributed by atoms with Crippen LogP contribution in [-0.4, -0.2) is 13.2 Å². The van der Waals surface area contributed by atoms with Gasteiger partial charge >= 0.3 is 0 Å². The predicted molar refractivity (Wildman–Crippen MR) is 148 cm³/mol. The van der Waals surface area contributed by atoms with E-state index in [4.69, 9.17) is 21.1 Å². The summed E-state index contributed by atoms with van der Waals surface area (Å²) in [5, 5.41) is 0.706. The molecule has 0 saturated heterocycles. The Morgan fingerprint density at radius 2 is 0.971 bits per heavy atom. The third-order valence-electron chi connectivity index (χ3n) is 6.02. The molecule has 4 aromatic carbocycles. The van der Waals surface area contributed by atoms with Crippen LogP contribution in [0.3, 0.4) is 0 Å². The zero-order valence-corrected chi connectivity index (χ0v) is 21.9. The molecule has 0 amide bonds. The molecule has 0 N–H and O–H groups in total. The summed E-state index contributed by atoms with van der Waals surface area (Å²) in [6, 6.07) is 30.5. The lowest BCUT2D eigenvalue weighted by Gasteiger charge is -2.08. The molecule has 182 valence electrons. The van der Waals surface area contributed by atoms with Crippen LogP contribution in [0.1, 0.15) is 33.4 Å². The SMILES string of the molecule is Cc1ccc(CCc2ccc(C)c(C)c2)cc1C.Clc1ccc(OCCOc2ccccc2)cc1. The van der Waals surface area contributed by atoms with E-state index in [-0.39, 0.29) is 0 Å². The molecule has 3 heteroatoms. The summed E-state index contributed by atoms with van der Waals surface area (Å²) < 4.78 is 11.0. The van der Waals surface area contributed by atoms with E-state index < -0.39 is 0 Å². The summed E-state index contributed by atoms with van der Waals surface area (Å²) in [6.07, 6.45) is 2.26. The van der Waals surface area contributed by atoms with Gasteiger partial charge in [0.1, 0.15) is 24.7 Å². The molecule has 35 heavy (non-hydrogen) atoms. The molecule has 2 nitrogen and oxygen atoms in total. The second-order valence-corrected chi connectivity index (χ2v) is 9.24. The Balaban J connectivity index is 0.000000196. The maximum Gasteiger partial charge on any atom is 0.122 e. The van der Waals surface area contributed by atoms with Gasteiger partial charge in [-0.1, -0.05) is 66.2 Å². The fourth-order valence-electron chi connectivity index (χ4n) is 3.57. The molecule has 0 fully saturated rings. The van der Waals surface area contributed by atoms with E-state index in [0.717, 1.165) is 24.3 Å². The summed E-state index contributed by atoms with van der Waals surface area (Å²) in [5.74, 6) is 1.65. The monoisotopic (exact) mass is 486 g/mol. The number of halogens is 1. The highest BCUT2D eigenvalue weighted by atomic mass is 35.5. The van der Waals surface area contributed by atoms with Gasteiger partial charge in [0.2, 0.25) is 0 Å². The van der Waals surface area contributed by atoms with E-state index in [9.17, 15) is 0 Å². The minimum atomic E-state index is 0.510. The smallest absolute Gasteiger partial charge is 0.122 e. The summed E-state index contributed by atoms with van der Waals surface area (Å²) in [6.45, 7) is 9.75. The Hall–Kier alpha value is -3.23. The maximum absolute atomic E-state index is 5.77. The minimum absolute atomic E-state index is 0.510. The van der Waals surface area contributed by atoms with Crippen molar-refractivity contribution >= 4 is 11.6 Å². The van der Waals surface area contributed by atoms with Crippen molar-refractivity contribution in [2.45, 2.75) is 40.5 Å². The van der Waals surface area contributed by atoms with Crippen LogP contribution in [0.25, 0.3) is 0 Å². The molecule has 0 heterocycles. The first-order chi connectivity index (χ1) is 16.9. The lowest BCUT2D eigenvalue weighted by atomic mass is 9.98. The number of hydrogen-bond donors (Lipinski definition) is 0. The molecule has 0 unspecified atom stereocenters. The summed E-state index contributed by atoms with van der Waals surface area (Å²) in [4.78, 5) is 0. The van der Waals surface area contributed by atoms with Crippen molar-refractivity contribution in [3.05, 3.63) is 129 Å². The van der Waals surface area contributed by atoms with Crippen LogP contribution < -0.4 is 9.47 Å². The molecule has 0 saturated carbocycles. The first-order valence-electron chi connectivity index (χ1n) is 12.1. The Labute approximate surface area is 215 Å². The maximum atomic E-state index is 5.77. The molecule has 0 aliphatic rings. The molecule has 0 spiro atoms. The van der Waals surface area contributed by atoms with Crippen molar-refractivity contribution in [2.75, 3.05) is 13.2 Å². The third-order valence-corrected chi connectivity index (χ3v) is 6.27. The number of rotatable bonds is 8. The van der Waals surface area contributed by atoms with Crippen molar-refractivity contribution < 1.29 is 9.47 Å². The molecule has 0 aromatic heterocycles. The van der Waals surface area contributed by atoms with E-state index in [1.165, 1.54) is 33.4 Å². The van der Waals surface area contributed by atoms with Crippen LogP contribution in [-0.2, 0) is 12.8 Å². The second kappa shape index (κ2) is 13.6. The lowest BCUT2D eigenvalue weighted by molar-refractivity contribution is 0.217. The number of benzene rings is 4. The molecule has 0 aliphatic carbocycles. The van der Waals surface area contributed by atoms with E-state index in [1.807, 2.05) is 42.5 Å². The number of ether oxygens (including phenoxy) is 2. The second-order valence-electron chi connectivity index (χ2n) is 8.80. The standard InChI is InChI=1S/C18H22.C14H13ClO2/c1-13-5-7-17(11-15(13)3)9-10-18-8-6-14(2)16(4)12-18;15-12-6-8-14(9-7-12)17-11-10-16-13-4-2-1-3-5-13/h5-8,11-12H,9-10H2,1-4H3;1-9H,10-11H2. The van der Waals surface area contributed by atoms with Crippen LogP contribution in [0.2, 0.25) is 5.02 Å². The normalized spacial score (nSPS) is 10.3. The predicted octanol–water partition coefficient (Wildman–Crippen LogP) is 8.50. The summed E-state index contributed by atoms with van der Waals surface area (Å²) in [5.41, 5.74) is 8.43. The molecular formula is C32H35ClO2. The minimum Gasteiger partial charge on any atom is -0.490 e. The molecular weight excluding hydrogens is 452 g/mol. The van der Waals surface area contributed by atoms with E-state index in [2.05, 4.69) is 64.1 Å². The van der Waals surface area contributed by atoms with Crippen LogP contribution >= 0.6 is 11.6 Å². The van der Waals surface area contributed by atoms with Crippen molar-refractivity contribution in [2.24, 2.45) is 0 Å². The van der Waals surface area contributed by atoms with Gasteiger partial charge in [-0.2, -0.15) is 0 Å². The summed E-state index contributed by atoms with van der Waals surface area (Å²) in [7, 11) is 0. The Kier molecular flexibility index (Phi) is 10.3. The van der Waals surface area contributed by atoms with Crippen LogP contribution in [0.15, 0.2) is 91.0 Å². The van der Waals surface area contributed by atoms with Gasteiger partial charge in [-0.3, -0.25) is 0 Å². The van der Waals surface area contributed by atoms with Crippen LogP contribution in [0.4, 0.5) is 0 Å². The third kappa shape index (κ3) is 9.15. The van der Waals surface area contributed by atoms with Crippen molar-refractivity contribution in [3.63, 3.8) is 0 Å². The zero-order valence-electron chi connectivity index (χ0n) is 21.2. The van der Waals surface area contributed by atoms with Gasteiger partial charge in [-0.15, -0.1) is 0 Å². The first kappa shape index (κ1) is 26.4. The quantitative estimate of drug-likeness (QED) is 0.232. The Morgan fingerprint density at radius 1 is 0.514 bits per heavy atom. The van der Waals surface area contributed by atoms with Crippen molar-refractivity contribution in [3.8, 4) is 11.5 Å². The Bertz CT molecular complexity index is 1130. The molecule has 0 atom stereocenters. The molecule has 0 radical (unpaired) electrons. The molecule has 0 bridgehead atoms. The average Bonchev–Trinajstić information content (AvgIpc) is 2.87. The molecule has 4 aromatic rings. The van der Waals surface area contributed by atoms with Gasteiger partial charge in [0, 0.05) is 5.02 Å². The fraction of sp³-hybridized carbons (Fsp3) is 0.250. The van der Waals surface area contributed by atoms with Gasteiger partial charge in [0.25, 0.3) is 0 Å². The van der Waals surface area contributed by atoms with E-state index in [1.54, 1.807) is 12.1 Å².